The van der Waals surface area contributed by atoms with Crippen LogP contribution in [0.15, 0.2) is 121 Å². The summed E-state index contributed by atoms with van der Waals surface area (Å²) in [6, 6.07) is 42.3. The molecule has 0 aliphatic heterocycles. The van der Waals surface area contributed by atoms with Crippen LogP contribution in [0.3, 0.4) is 0 Å². The Balaban J connectivity index is 0.000000261. The summed E-state index contributed by atoms with van der Waals surface area (Å²) in [4.78, 5) is 0. The minimum absolute atomic E-state index is 0. The van der Waals surface area contributed by atoms with E-state index in [4.69, 9.17) is 0 Å². The molecule has 138 valence electrons. The van der Waals surface area contributed by atoms with Crippen molar-refractivity contribution in [1.29, 1.82) is 0 Å². The molecule has 4 aromatic rings. The Morgan fingerprint density at radius 2 is 0.500 bits per heavy atom. The standard InChI is InChI=1S/2C12H11P.B.BrH/c2*1-3-7-11(8-4-1)13-12-9-5-2-6-10-12;;/h2*1-10,13H;;1H/q;;+1;/p-1. The molecule has 0 N–H and O–H groups in total. The van der Waals surface area contributed by atoms with Crippen molar-refractivity contribution in [1.82, 2.24) is 0 Å². The molecule has 0 amide bonds. The quantitative estimate of drug-likeness (QED) is 0.316. The van der Waals surface area contributed by atoms with Crippen LogP contribution in [0.1, 0.15) is 0 Å². The fraction of sp³-hybridized carbons (Fsp3) is 0. The van der Waals surface area contributed by atoms with Crippen LogP contribution in [0.25, 0.3) is 0 Å². The summed E-state index contributed by atoms with van der Waals surface area (Å²) in [5.41, 5.74) is 0. The molecule has 0 saturated heterocycles. The summed E-state index contributed by atoms with van der Waals surface area (Å²) in [5, 5.41) is 5.59. The Morgan fingerprint density at radius 3 is 0.679 bits per heavy atom. The maximum atomic E-state index is 2.17. The molecule has 0 spiro atoms. The monoisotopic (exact) mass is 462 g/mol. The predicted molar refractivity (Wildman–Crippen MR) is 127 cm³/mol. The van der Waals surface area contributed by atoms with Gasteiger partial charge in [-0.05, 0) is 21.2 Å². The first-order valence-electron chi connectivity index (χ1n) is 8.64. The summed E-state index contributed by atoms with van der Waals surface area (Å²) in [7, 11) is 1.55. The van der Waals surface area contributed by atoms with Gasteiger partial charge in [-0.1, -0.05) is 138 Å². The van der Waals surface area contributed by atoms with E-state index < -0.39 is 0 Å². The van der Waals surface area contributed by atoms with Crippen molar-refractivity contribution < 1.29 is 17.0 Å². The van der Waals surface area contributed by atoms with Crippen LogP contribution in [0.2, 0.25) is 0 Å². The Hall–Kier alpha value is -1.72. The molecular formula is C24H22BBrP2. The molecule has 0 aromatic heterocycles. The molecule has 4 aromatic carbocycles. The van der Waals surface area contributed by atoms with Crippen LogP contribution in [0.4, 0.5) is 0 Å². The van der Waals surface area contributed by atoms with E-state index in [1.54, 1.807) is 0 Å². The summed E-state index contributed by atoms with van der Waals surface area (Å²) >= 11 is 0. The minimum atomic E-state index is 0. The van der Waals surface area contributed by atoms with Crippen LogP contribution in [-0.2, 0) is 0 Å². The number of rotatable bonds is 4. The van der Waals surface area contributed by atoms with Gasteiger partial charge in [-0.2, -0.15) is 0 Å². The zero-order chi connectivity index (χ0) is 17.9. The molecule has 0 fully saturated rings. The topological polar surface area (TPSA) is 0 Å². The number of hydrogen-bond acceptors (Lipinski definition) is 0. The second-order valence-electron chi connectivity index (χ2n) is 5.71. The summed E-state index contributed by atoms with van der Waals surface area (Å²) in [6.45, 7) is 0. The van der Waals surface area contributed by atoms with Crippen molar-refractivity contribution in [3.05, 3.63) is 121 Å². The van der Waals surface area contributed by atoms with E-state index in [2.05, 4.69) is 121 Å². The second kappa shape index (κ2) is 14.3. The summed E-state index contributed by atoms with van der Waals surface area (Å²) in [5.74, 6) is 0. The van der Waals surface area contributed by atoms with E-state index in [1.165, 1.54) is 21.2 Å². The van der Waals surface area contributed by atoms with Gasteiger partial charge in [-0.15, -0.1) is 0 Å². The van der Waals surface area contributed by atoms with E-state index in [-0.39, 0.29) is 25.4 Å². The molecule has 0 atom stereocenters. The van der Waals surface area contributed by atoms with Crippen molar-refractivity contribution in [3.8, 4) is 0 Å². The average molecular weight is 463 g/mol. The number of hydrogen-bond donors (Lipinski definition) is 0. The normalized spacial score (nSPS) is 9.14. The Bertz CT molecular complexity index is 721. The molecule has 0 aliphatic rings. The molecule has 2 radical (unpaired) electrons. The van der Waals surface area contributed by atoms with Gasteiger partial charge in [-0.3, -0.25) is 0 Å². The maximum Gasteiger partial charge on any atom is 1.00 e. The van der Waals surface area contributed by atoms with Crippen molar-refractivity contribution >= 4 is 46.8 Å². The van der Waals surface area contributed by atoms with E-state index in [0.717, 1.165) is 17.2 Å². The van der Waals surface area contributed by atoms with Crippen molar-refractivity contribution in [2.24, 2.45) is 0 Å². The predicted octanol–water partition coefficient (Wildman–Crippen LogP) is 1.26. The van der Waals surface area contributed by atoms with Gasteiger partial charge in [0.1, 0.15) is 0 Å². The third-order valence-corrected chi connectivity index (χ3v) is 6.16. The zero-order valence-electron chi connectivity index (χ0n) is 15.5. The van der Waals surface area contributed by atoms with Gasteiger partial charge in [0.2, 0.25) is 0 Å². The minimum Gasteiger partial charge on any atom is -1.00 e. The number of benzene rings is 4. The van der Waals surface area contributed by atoms with Gasteiger partial charge in [-0.25, -0.2) is 0 Å². The van der Waals surface area contributed by atoms with Gasteiger partial charge in [0, 0.05) is 0 Å². The third kappa shape index (κ3) is 8.98. The SMILES string of the molecule is [B+].[Br-].c1ccc(Pc2ccccc2)cc1.c1ccc(Pc2ccccc2)cc1. The van der Waals surface area contributed by atoms with E-state index in [1.807, 2.05) is 0 Å². The molecule has 0 unspecified atom stereocenters. The second-order valence-corrected chi connectivity index (χ2v) is 8.52. The smallest absolute Gasteiger partial charge is 1.00 e. The van der Waals surface area contributed by atoms with E-state index in [9.17, 15) is 0 Å². The molecular weight excluding hydrogens is 441 g/mol. The maximum absolute atomic E-state index is 2.17. The summed E-state index contributed by atoms with van der Waals surface area (Å²) in [6.07, 6.45) is 0. The van der Waals surface area contributed by atoms with Crippen molar-refractivity contribution in [2.45, 2.75) is 0 Å². The van der Waals surface area contributed by atoms with Gasteiger partial charge < -0.3 is 17.0 Å². The average Bonchev–Trinajstić information content (AvgIpc) is 2.72. The molecule has 0 bridgehead atoms. The Labute approximate surface area is 184 Å². The van der Waals surface area contributed by atoms with Gasteiger partial charge in [0.25, 0.3) is 0 Å². The van der Waals surface area contributed by atoms with Gasteiger partial charge in [0.05, 0.1) is 0 Å². The first-order chi connectivity index (χ1) is 12.9. The molecule has 4 heteroatoms. The van der Waals surface area contributed by atoms with Crippen LogP contribution in [0.5, 0.6) is 0 Å². The Kier molecular flexibility index (Phi) is 12.4. The third-order valence-electron chi connectivity index (χ3n) is 3.67. The van der Waals surface area contributed by atoms with Gasteiger partial charge in [0.15, 0.2) is 0 Å². The van der Waals surface area contributed by atoms with Gasteiger partial charge >= 0.3 is 8.41 Å². The largest absolute Gasteiger partial charge is 1.00 e. The zero-order valence-corrected chi connectivity index (χ0v) is 19.1. The first-order valence-corrected chi connectivity index (χ1v) is 10.6. The molecule has 0 nitrogen and oxygen atoms in total. The molecule has 0 saturated carbocycles. The van der Waals surface area contributed by atoms with Crippen LogP contribution in [0, 0.1) is 0 Å². The number of halogens is 1. The van der Waals surface area contributed by atoms with E-state index >= 15 is 0 Å². The van der Waals surface area contributed by atoms with Crippen LogP contribution in [-0.4, -0.2) is 8.41 Å². The molecule has 0 aliphatic carbocycles. The molecule has 0 heterocycles. The summed E-state index contributed by atoms with van der Waals surface area (Å²) < 4.78 is 0. The van der Waals surface area contributed by atoms with Crippen molar-refractivity contribution in [2.75, 3.05) is 0 Å². The fourth-order valence-corrected chi connectivity index (χ4v) is 4.52. The first kappa shape index (κ1) is 24.3. The van der Waals surface area contributed by atoms with E-state index in [0.29, 0.717) is 0 Å². The fourth-order valence-electron chi connectivity index (χ4n) is 2.42. The van der Waals surface area contributed by atoms with Crippen LogP contribution >= 0.6 is 17.2 Å². The Morgan fingerprint density at radius 1 is 0.321 bits per heavy atom. The molecule has 4 rings (SSSR count). The van der Waals surface area contributed by atoms with Crippen molar-refractivity contribution in [3.63, 3.8) is 0 Å². The van der Waals surface area contributed by atoms with Crippen LogP contribution < -0.4 is 38.2 Å². The molecule has 28 heavy (non-hydrogen) atoms.